The normalized spacial score (nSPS) is 29.5. The van der Waals surface area contributed by atoms with E-state index in [0.717, 1.165) is 11.8 Å². The van der Waals surface area contributed by atoms with Gasteiger partial charge in [0.1, 0.15) is 0 Å². The molecule has 2 aromatic rings. The standard InChI is InChI=1S/C17H23NS/c1-11-7-8-14(9-12(11)2)17(18)16-10-13-5-3-4-6-15(13)19-16/h3-6,10-12,14,17H,7-9,18H2,1-2H3. The van der Waals surface area contributed by atoms with Crippen LogP contribution in [0.1, 0.15) is 44.0 Å². The Balaban J connectivity index is 1.81. The first-order valence-electron chi connectivity index (χ1n) is 7.39. The molecule has 1 saturated carbocycles. The first-order valence-corrected chi connectivity index (χ1v) is 8.21. The van der Waals surface area contributed by atoms with Gasteiger partial charge in [0.25, 0.3) is 0 Å². The second-order valence-corrected chi connectivity index (χ2v) is 7.36. The SMILES string of the molecule is CC1CCC(C(N)c2cc3ccccc3s2)CC1C. The Morgan fingerprint density at radius 1 is 1.16 bits per heavy atom. The Bertz CT molecular complexity index is 526. The molecule has 1 aromatic carbocycles. The summed E-state index contributed by atoms with van der Waals surface area (Å²) in [6.07, 6.45) is 3.92. The van der Waals surface area contributed by atoms with Crippen molar-refractivity contribution in [1.29, 1.82) is 0 Å². The quantitative estimate of drug-likeness (QED) is 0.821. The molecule has 1 aromatic heterocycles. The van der Waals surface area contributed by atoms with Crippen molar-refractivity contribution >= 4 is 21.4 Å². The van der Waals surface area contributed by atoms with Gasteiger partial charge in [-0.05, 0) is 48.1 Å². The summed E-state index contributed by atoms with van der Waals surface area (Å²) < 4.78 is 1.37. The van der Waals surface area contributed by atoms with Crippen molar-refractivity contribution < 1.29 is 0 Å². The Labute approximate surface area is 119 Å². The summed E-state index contributed by atoms with van der Waals surface area (Å²) in [6.45, 7) is 4.76. The molecule has 1 aliphatic rings. The van der Waals surface area contributed by atoms with Gasteiger partial charge in [-0.3, -0.25) is 0 Å². The van der Waals surface area contributed by atoms with Gasteiger partial charge in [0.2, 0.25) is 0 Å². The lowest BCUT2D eigenvalue weighted by Gasteiger charge is -2.34. The van der Waals surface area contributed by atoms with E-state index in [1.165, 1.54) is 34.2 Å². The van der Waals surface area contributed by atoms with Crippen LogP contribution in [-0.4, -0.2) is 0 Å². The van der Waals surface area contributed by atoms with E-state index >= 15 is 0 Å². The number of thiophene rings is 1. The fourth-order valence-corrected chi connectivity index (χ4v) is 4.47. The lowest BCUT2D eigenvalue weighted by molar-refractivity contribution is 0.187. The molecule has 4 unspecified atom stereocenters. The first-order chi connectivity index (χ1) is 9.15. The zero-order valence-electron chi connectivity index (χ0n) is 11.8. The molecule has 0 aliphatic heterocycles. The van der Waals surface area contributed by atoms with Crippen LogP contribution in [0.25, 0.3) is 10.1 Å². The molecule has 102 valence electrons. The molecule has 2 heteroatoms. The lowest BCUT2D eigenvalue weighted by atomic mass is 9.73. The fraction of sp³-hybridized carbons (Fsp3) is 0.529. The molecule has 0 saturated heterocycles. The van der Waals surface area contributed by atoms with Gasteiger partial charge < -0.3 is 5.73 Å². The third-order valence-electron chi connectivity index (χ3n) is 4.92. The topological polar surface area (TPSA) is 26.0 Å². The molecule has 3 rings (SSSR count). The van der Waals surface area contributed by atoms with Crippen molar-refractivity contribution in [3.05, 3.63) is 35.2 Å². The van der Waals surface area contributed by atoms with Crippen molar-refractivity contribution in [3.8, 4) is 0 Å². The van der Waals surface area contributed by atoms with Gasteiger partial charge in [0, 0.05) is 15.6 Å². The summed E-state index contributed by atoms with van der Waals surface area (Å²) >= 11 is 1.88. The zero-order chi connectivity index (χ0) is 13.4. The Kier molecular flexibility index (Phi) is 3.64. The predicted octanol–water partition coefficient (Wildman–Crippen LogP) is 4.97. The molecule has 1 heterocycles. The van der Waals surface area contributed by atoms with Crippen LogP contribution in [-0.2, 0) is 0 Å². The van der Waals surface area contributed by atoms with Gasteiger partial charge in [0.15, 0.2) is 0 Å². The third-order valence-corrected chi connectivity index (χ3v) is 6.14. The van der Waals surface area contributed by atoms with E-state index in [4.69, 9.17) is 5.73 Å². The predicted molar refractivity (Wildman–Crippen MR) is 84.4 cm³/mol. The van der Waals surface area contributed by atoms with Crippen molar-refractivity contribution in [2.45, 2.75) is 39.2 Å². The summed E-state index contributed by atoms with van der Waals surface area (Å²) in [7, 11) is 0. The molecule has 0 spiro atoms. The summed E-state index contributed by atoms with van der Waals surface area (Å²) in [4.78, 5) is 1.37. The second-order valence-electron chi connectivity index (χ2n) is 6.24. The van der Waals surface area contributed by atoms with Crippen LogP contribution in [0.15, 0.2) is 30.3 Å². The molecule has 19 heavy (non-hydrogen) atoms. The fourth-order valence-electron chi connectivity index (χ4n) is 3.31. The largest absolute Gasteiger partial charge is 0.323 e. The Morgan fingerprint density at radius 2 is 1.95 bits per heavy atom. The number of fused-ring (bicyclic) bond motifs is 1. The number of benzene rings is 1. The molecule has 1 fully saturated rings. The summed E-state index contributed by atoms with van der Waals surface area (Å²) in [5.41, 5.74) is 6.55. The van der Waals surface area contributed by atoms with E-state index in [9.17, 15) is 0 Å². The summed E-state index contributed by atoms with van der Waals surface area (Å²) in [6, 6.07) is 11.1. The number of hydrogen-bond acceptors (Lipinski definition) is 2. The van der Waals surface area contributed by atoms with Gasteiger partial charge in [0.05, 0.1) is 0 Å². The second kappa shape index (κ2) is 5.26. The minimum absolute atomic E-state index is 0.229. The van der Waals surface area contributed by atoms with Crippen LogP contribution in [0.4, 0.5) is 0 Å². The van der Waals surface area contributed by atoms with Crippen molar-refractivity contribution in [2.24, 2.45) is 23.5 Å². The molecule has 4 atom stereocenters. The minimum atomic E-state index is 0.229. The highest BCUT2D eigenvalue weighted by molar-refractivity contribution is 7.19. The molecule has 1 aliphatic carbocycles. The van der Waals surface area contributed by atoms with Crippen molar-refractivity contribution in [3.63, 3.8) is 0 Å². The van der Waals surface area contributed by atoms with Crippen LogP contribution in [0, 0.1) is 17.8 Å². The maximum atomic E-state index is 6.55. The van der Waals surface area contributed by atoms with Gasteiger partial charge in [-0.15, -0.1) is 11.3 Å². The maximum Gasteiger partial charge on any atom is 0.0418 e. The van der Waals surface area contributed by atoms with Crippen LogP contribution < -0.4 is 5.73 Å². The van der Waals surface area contributed by atoms with Crippen molar-refractivity contribution in [2.75, 3.05) is 0 Å². The minimum Gasteiger partial charge on any atom is -0.323 e. The molecule has 2 N–H and O–H groups in total. The monoisotopic (exact) mass is 273 g/mol. The Morgan fingerprint density at radius 3 is 2.68 bits per heavy atom. The van der Waals surface area contributed by atoms with Gasteiger partial charge >= 0.3 is 0 Å². The molecular weight excluding hydrogens is 250 g/mol. The van der Waals surface area contributed by atoms with E-state index in [2.05, 4.69) is 44.2 Å². The van der Waals surface area contributed by atoms with E-state index in [1.54, 1.807) is 0 Å². The average Bonchev–Trinajstić information content (AvgIpc) is 2.85. The van der Waals surface area contributed by atoms with Crippen molar-refractivity contribution in [1.82, 2.24) is 0 Å². The molecular formula is C17H23NS. The van der Waals surface area contributed by atoms with E-state index < -0.39 is 0 Å². The highest BCUT2D eigenvalue weighted by Gasteiger charge is 2.29. The van der Waals surface area contributed by atoms with Crippen LogP contribution >= 0.6 is 11.3 Å². The van der Waals surface area contributed by atoms with Gasteiger partial charge in [-0.25, -0.2) is 0 Å². The lowest BCUT2D eigenvalue weighted by Crippen LogP contribution is -2.28. The maximum absolute atomic E-state index is 6.55. The van der Waals surface area contributed by atoms with Crippen LogP contribution in [0.3, 0.4) is 0 Å². The van der Waals surface area contributed by atoms with E-state index in [0.29, 0.717) is 5.92 Å². The van der Waals surface area contributed by atoms with Crippen LogP contribution in [0.2, 0.25) is 0 Å². The Hall–Kier alpha value is -0.860. The average molecular weight is 273 g/mol. The first kappa shape index (κ1) is 13.1. The third kappa shape index (κ3) is 2.56. The number of nitrogens with two attached hydrogens (primary N) is 1. The number of rotatable bonds is 2. The highest BCUT2D eigenvalue weighted by atomic mass is 32.1. The van der Waals surface area contributed by atoms with E-state index in [-0.39, 0.29) is 6.04 Å². The highest BCUT2D eigenvalue weighted by Crippen LogP contribution is 2.41. The molecule has 1 nitrogen and oxygen atoms in total. The van der Waals surface area contributed by atoms with Gasteiger partial charge in [-0.2, -0.15) is 0 Å². The smallest absolute Gasteiger partial charge is 0.0418 e. The summed E-state index contributed by atoms with van der Waals surface area (Å²) in [5.74, 6) is 2.35. The zero-order valence-corrected chi connectivity index (χ0v) is 12.6. The van der Waals surface area contributed by atoms with Crippen LogP contribution in [0.5, 0.6) is 0 Å². The van der Waals surface area contributed by atoms with E-state index in [1.807, 2.05) is 11.3 Å². The molecule has 0 bridgehead atoms. The summed E-state index contributed by atoms with van der Waals surface area (Å²) in [5, 5.41) is 1.34. The molecule has 0 amide bonds. The van der Waals surface area contributed by atoms with Gasteiger partial charge in [-0.1, -0.05) is 38.5 Å². The molecule has 0 radical (unpaired) electrons. The number of hydrogen-bond donors (Lipinski definition) is 1.